The highest BCUT2D eigenvalue weighted by Gasteiger charge is 2.11. The van der Waals surface area contributed by atoms with Gasteiger partial charge in [-0.25, -0.2) is 0 Å². The first-order valence-electron chi connectivity index (χ1n) is 7.19. The quantitative estimate of drug-likeness (QED) is 0.798. The van der Waals surface area contributed by atoms with E-state index in [2.05, 4.69) is 47.8 Å². The zero-order valence-electron chi connectivity index (χ0n) is 12.8. The molecule has 2 heterocycles. The van der Waals surface area contributed by atoms with Gasteiger partial charge in [-0.3, -0.25) is 9.67 Å². The van der Waals surface area contributed by atoms with Gasteiger partial charge in [0.2, 0.25) is 0 Å². The number of nitrogens with one attached hydrogen (secondary N) is 1. The maximum Gasteiger partial charge on any atom is 0.0794 e. The summed E-state index contributed by atoms with van der Waals surface area (Å²) in [7, 11) is 0. The fourth-order valence-corrected chi connectivity index (χ4v) is 2.90. The molecule has 0 aliphatic carbocycles. The Morgan fingerprint density at radius 1 is 1.35 bits per heavy atom. The van der Waals surface area contributed by atoms with E-state index in [-0.39, 0.29) is 0 Å². The lowest BCUT2D eigenvalue weighted by Gasteiger charge is -2.08. The van der Waals surface area contributed by atoms with Crippen molar-refractivity contribution >= 4 is 11.3 Å². The molecule has 0 aliphatic heterocycles. The normalized spacial score (nSPS) is 11.4. The molecule has 4 nitrogen and oxygen atoms in total. The average Bonchev–Trinajstić information content (AvgIpc) is 2.97. The van der Waals surface area contributed by atoms with Crippen LogP contribution in [0.5, 0.6) is 0 Å². The molecule has 0 spiro atoms. The van der Waals surface area contributed by atoms with E-state index in [1.165, 1.54) is 16.1 Å². The highest BCUT2D eigenvalue weighted by Crippen LogP contribution is 2.16. The van der Waals surface area contributed by atoms with Gasteiger partial charge in [-0.15, -0.1) is 11.3 Å². The van der Waals surface area contributed by atoms with Crippen LogP contribution in [0.3, 0.4) is 0 Å². The third kappa shape index (κ3) is 3.90. The molecule has 0 radical (unpaired) electrons. The summed E-state index contributed by atoms with van der Waals surface area (Å²) in [6.07, 6.45) is 2.97. The van der Waals surface area contributed by atoms with E-state index in [4.69, 9.17) is 0 Å². The number of hydrogen-bond acceptors (Lipinski definition) is 4. The molecule has 5 heteroatoms. The van der Waals surface area contributed by atoms with Crippen LogP contribution in [0.4, 0.5) is 0 Å². The molecule has 2 rings (SSSR count). The molecule has 0 saturated carbocycles. The first kappa shape index (κ1) is 15.2. The number of aryl methyl sites for hydroxylation is 1. The van der Waals surface area contributed by atoms with Crippen molar-refractivity contribution in [3.8, 4) is 0 Å². The second-order valence-electron chi connectivity index (χ2n) is 5.62. The van der Waals surface area contributed by atoms with Gasteiger partial charge in [0.1, 0.15) is 0 Å². The van der Waals surface area contributed by atoms with Crippen molar-refractivity contribution in [3.05, 3.63) is 33.5 Å². The minimum atomic E-state index is 0.700. The largest absolute Gasteiger partial charge is 0.316 e. The van der Waals surface area contributed by atoms with Crippen LogP contribution in [0.25, 0.3) is 0 Å². The van der Waals surface area contributed by atoms with Gasteiger partial charge in [0.05, 0.1) is 17.7 Å². The highest BCUT2D eigenvalue weighted by molar-refractivity contribution is 7.09. The minimum Gasteiger partial charge on any atom is -0.316 e. The van der Waals surface area contributed by atoms with E-state index in [0.29, 0.717) is 5.92 Å². The third-order valence-electron chi connectivity index (χ3n) is 3.42. The van der Waals surface area contributed by atoms with E-state index in [1.807, 2.05) is 11.7 Å². The summed E-state index contributed by atoms with van der Waals surface area (Å²) < 4.78 is 2.10. The van der Waals surface area contributed by atoms with Crippen LogP contribution in [0.1, 0.15) is 35.7 Å². The van der Waals surface area contributed by atoms with Gasteiger partial charge in [-0.2, -0.15) is 5.10 Å². The SMILES string of the molecule is Cc1nn(Cc2cncs2)c(C)c1CCNCC(C)C. The molecule has 0 unspecified atom stereocenters. The van der Waals surface area contributed by atoms with Crippen LogP contribution in [-0.4, -0.2) is 27.9 Å². The predicted octanol–water partition coefficient (Wildman–Crippen LogP) is 2.79. The van der Waals surface area contributed by atoms with Crippen LogP contribution in [0.15, 0.2) is 11.7 Å². The summed E-state index contributed by atoms with van der Waals surface area (Å²) in [6, 6.07) is 0. The molecule has 2 aromatic heterocycles. The summed E-state index contributed by atoms with van der Waals surface area (Å²) in [5, 5.41) is 8.16. The Morgan fingerprint density at radius 3 is 2.80 bits per heavy atom. The Balaban J connectivity index is 1.97. The second kappa shape index (κ2) is 6.99. The Hall–Kier alpha value is -1.20. The van der Waals surface area contributed by atoms with Gasteiger partial charge in [-0.05, 0) is 44.8 Å². The highest BCUT2D eigenvalue weighted by atomic mass is 32.1. The average molecular weight is 292 g/mol. The van der Waals surface area contributed by atoms with E-state index >= 15 is 0 Å². The molecular formula is C15H24N4S. The number of rotatable bonds is 7. The summed E-state index contributed by atoms with van der Waals surface area (Å²) >= 11 is 1.68. The Kier molecular flexibility index (Phi) is 5.31. The standard InChI is InChI=1S/C15H24N4S/c1-11(2)7-16-6-5-15-12(3)18-19(13(15)4)9-14-8-17-10-20-14/h8,10-11,16H,5-7,9H2,1-4H3. The zero-order chi connectivity index (χ0) is 14.5. The molecule has 0 amide bonds. The molecule has 110 valence electrons. The zero-order valence-corrected chi connectivity index (χ0v) is 13.6. The number of thiazole rings is 1. The fourth-order valence-electron chi connectivity index (χ4n) is 2.32. The van der Waals surface area contributed by atoms with Crippen molar-refractivity contribution in [2.45, 2.75) is 40.7 Å². The van der Waals surface area contributed by atoms with Gasteiger partial charge in [0.25, 0.3) is 0 Å². The lowest BCUT2D eigenvalue weighted by atomic mass is 10.1. The maximum atomic E-state index is 4.67. The molecule has 2 aromatic rings. The van der Waals surface area contributed by atoms with Crippen molar-refractivity contribution < 1.29 is 0 Å². The van der Waals surface area contributed by atoms with E-state index in [0.717, 1.165) is 31.7 Å². The molecule has 0 saturated heterocycles. The maximum absolute atomic E-state index is 4.67. The molecule has 0 atom stereocenters. The lowest BCUT2D eigenvalue weighted by Crippen LogP contribution is -2.22. The molecule has 20 heavy (non-hydrogen) atoms. The summed E-state index contributed by atoms with van der Waals surface area (Å²) in [5.41, 5.74) is 5.68. The van der Waals surface area contributed by atoms with Crippen molar-refractivity contribution in [1.29, 1.82) is 0 Å². The Labute approximate surface area is 125 Å². The van der Waals surface area contributed by atoms with Gasteiger partial charge < -0.3 is 5.32 Å². The van der Waals surface area contributed by atoms with Gasteiger partial charge in [-0.1, -0.05) is 13.8 Å². The van der Waals surface area contributed by atoms with E-state index in [9.17, 15) is 0 Å². The first-order chi connectivity index (χ1) is 9.58. The van der Waals surface area contributed by atoms with Crippen LogP contribution >= 0.6 is 11.3 Å². The smallest absolute Gasteiger partial charge is 0.0794 e. The fraction of sp³-hybridized carbons (Fsp3) is 0.600. The molecule has 0 aliphatic rings. The summed E-state index contributed by atoms with van der Waals surface area (Å²) in [5.74, 6) is 0.700. The second-order valence-corrected chi connectivity index (χ2v) is 6.59. The number of nitrogens with zero attached hydrogens (tertiary/aromatic N) is 3. The van der Waals surface area contributed by atoms with Gasteiger partial charge >= 0.3 is 0 Å². The summed E-state index contributed by atoms with van der Waals surface area (Å²) in [4.78, 5) is 5.37. The Morgan fingerprint density at radius 2 is 2.15 bits per heavy atom. The van der Waals surface area contributed by atoms with Crippen LogP contribution < -0.4 is 5.32 Å². The lowest BCUT2D eigenvalue weighted by molar-refractivity contribution is 0.553. The predicted molar refractivity (Wildman–Crippen MR) is 84.3 cm³/mol. The monoisotopic (exact) mass is 292 g/mol. The molecule has 1 N–H and O–H groups in total. The van der Waals surface area contributed by atoms with Crippen LogP contribution in [0.2, 0.25) is 0 Å². The molecular weight excluding hydrogens is 268 g/mol. The molecule has 0 aromatic carbocycles. The van der Waals surface area contributed by atoms with Crippen LogP contribution in [0, 0.1) is 19.8 Å². The van der Waals surface area contributed by atoms with E-state index in [1.54, 1.807) is 11.3 Å². The minimum absolute atomic E-state index is 0.700. The van der Waals surface area contributed by atoms with Crippen LogP contribution in [-0.2, 0) is 13.0 Å². The Bertz CT molecular complexity index is 528. The topological polar surface area (TPSA) is 42.7 Å². The van der Waals surface area contributed by atoms with Crippen molar-refractivity contribution in [2.24, 2.45) is 5.92 Å². The van der Waals surface area contributed by atoms with E-state index < -0.39 is 0 Å². The first-order valence-corrected chi connectivity index (χ1v) is 8.07. The van der Waals surface area contributed by atoms with Gasteiger partial charge in [0, 0.05) is 16.8 Å². The number of hydrogen-bond donors (Lipinski definition) is 1. The molecule has 0 bridgehead atoms. The summed E-state index contributed by atoms with van der Waals surface area (Å²) in [6.45, 7) is 11.7. The van der Waals surface area contributed by atoms with Crippen molar-refractivity contribution in [2.75, 3.05) is 13.1 Å². The van der Waals surface area contributed by atoms with Gasteiger partial charge in [0.15, 0.2) is 0 Å². The van der Waals surface area contributed by atoms with Crippen molar-refractivity contribution in [1.82, 2.24) is 20.1 Å². The number of aromatic nitrogens is 3. The van der Waals surface area contributed by atoms with Crippen molar-refractivity contribution in [3.63, 3.8) is 0 Å². The molecule has 0 fully saturated rings. The third-order valence-corrected chi connectivity index (χ3v) is 4.19.